The number of hydrogen-bond acceptors (Lipinski definition) is 7. The van der Waals surface area contributed by atoms with E-state index in [4.69, 9.17) is 9.59 Å². The number of carbonyl (C=O) groups excluding carboxylic acids is 2. The molecular formula is C29H42N4O3S. The Morgan fingerprint density at radius 1 is 1.08 bits per heavy atom. The lowest BCUT2D eigenvalue weighted by Gasteiger charge is -2.37. The van der Waals surface area contributed by atoms with E-state index >= 15 is 0 Å². The van der Waals surface area contributed by atoms with E-state index < -0.39 is 0 Å². The maximum atomic E-state index is 13.0. The maximum Gasteiger partial charge on any atom is 0.259 e. The Kier molecular flexibility index (Phi) is 12.3. The molecule has 5 rings (SSSR count). The zero-order valence-electron chi connectivity index (χ0n) is 23.0. The number of pyridine rings is 2. The van der Waals surface area contributed by atoms with Gasteiger partial charge in [-0.1, -0.05) is 26.7 Å². The second kappa shape index (κ2) is 14.9. The molecule has 0 N–H and O–H groups in total. The molecule has 37 heavy (non-hydrogen) atoms. The van der Waals surface area contributed by atoms with Crippen molar-refractivity contribution in [2.45, 2.75) is 59.0 Å². The Bertz CT molecular complexity index is 1190. The fourth-order valence-electron chi connectivity index (χ4n) is 4.84. The second-order valence-electron chi connectivity index (χ2n) is 9.51. The number of aryl methyl sites for hydroxylation is 2. The summed E-state index contributed by atoms with van der Waals surface area (Å²) in [5.74, 6) is 0.895. The van der Waals surface area contributed by atoms with Crippen LogP contribution in [0.5, 0.6) is 0 Å². The van der Waals surface area contributed by atoms with Gasteiger partial charge in [0, 0.05) is 73.0 Å². The molecule has 0 unspecified atom stereocenters. The maximum absolute atomic E-state index is 13.0. The van der Waals surface area contributed by atoms with Crippen LogP contribution in [0.4, 0.5) is 0 Å². The summed E-state index contributed by atoms with van der Waals surface area (Å²) in [4.78, 5) is 39.6. The summed E-state index contributed by atoms with van der Waals surface area (Å²) < 4.78 is 2.87. The van der Waals surface area contributed by atoms with Crippen molar-refractivity contribution in [1.82, 2.24) is 19.4 Å². The lowest BCUT2D eigenvalue weighted by molar-refractivity contribution is -0.0987. The van der Waals surface area contributed by atoms with Gasteiger partial charge in [-0.2, -0.15) is 0 Å². The zero-order valence-corrected chi connectivity index (χ0v) is 23.9. The molecule has 0 spiro atoms. The summed E-state index contributed by atoms with van der Waals surface area (Å²) in [6, 6.07) is 4.80. The molecule has 3 aromatic rings. The number of carbonyl (C=O) groups is 2. The molecule has 0 amide bonds. The lowest BCUT2D eigenvalue weighted by atomic mass is 9.98. The molecule has 3 aromatic heterocycles. The van der Waals surface area contributed by atoms with Gasteiger partial charge < -0.3 is 19.1 Å². The van der Waals surface area contributed by atoms with E-state index in [-0.39, 0.29) is 5.56 Å². The third-order valence-electron chi connectivity index (χ3n) is 6.94. The summed E-state index contributed by atoms with van der Waals surface area (Å²) in [7, 11) is 4.06. The first-order chi connectivity index (χ1) is 18.0. The Morgan fingerprint density at radius 2 is 1.78 bits per heavy atom. The van der Waals surface area contributed by atoms with Gasteiger partial charge in [0.05, 0.1) is 5.39 Å². The Hall–Kier alpha value is -2.68. The molecule has 0 bridgehead atoms. The van der Waals surface area contributed by atoms with Gasteiger partial charge in [-0.3, -0.25) is 14.7 Å². The number of thiophene rings is 1. The normalized spacial score (nSPS) is 17.6. The van der Waals surface area contributed by atoms with Crippen LogP contribution in [0.15, 0.2) is 35.5 Å². The van der Waals surface area contributed by atoms with Crippen molar-refractivity contribution in [3.05, 3.63) is 51.5 Å². The number of nitrogens with zero attached hydrogens (tertiary/aromatic N) is 4. The SMILES string of the molecule is C=O.C=O.CC.C[C@@H]1CN(C)CCN1Cc1cc2c(=O)n(C)cc(-c3ccncc3CCC3CC3)c2s1. The van der Waals surface area contributed by atoms with Gasteiger partial charge in [0.2, 0.25) is 0 Å². The van der Waals surface area contributed by atoms with Crippen molar-refractivity contribution in [3.8, 4) is 11.1 Å². The molecule has 2 aliphatic rings. The van der Waals surface area contributed by atoms with E-state index in [9.17, 15) is 4.79 Å². The molecule has 1 saturated heterocycles. The van der Waals surface area contributed by atoms with Crippen LogP contribution in [0, 0.1) is 5.92 Å². The van der Waals surface area contributed by atoms with Crippen LogP contribution in [0.1, 0.15) is 50.5 Å². The average molecular weight is 527 g/mol. The van der Waals surface area contributed by atoms with E-state index in [2.05, 4.69) is 40.9 Å². The monoisotopic (exact) mass is 526 g/mol. The molecule has 1 saturated carbocycles. The quantitative estimate of drug-likeness (QED) is 0.459. The average Bonchev–Trinajstić information content (AvgIpc) is 3.67. The minimum absolute atomic E-state index is 0.0984. The molecule has 7 nitrogen and oxygen atoms in total. The van der Waals surface area contributed by atoms with Crippen molar-refractivity contribution in [3.63, 3.8) is 0 Å². The molecule has 2 fully saturated rings. The predicted molar refractivity (Wildman–Crippen MR) is 154 cm³/mol. The van der Waals surface area contributed by atoms with Crippen LogP contribution in [0.2, 0.25) is 0 Å². The van der Waals surface area contributed by atoms with Crippen molar-refractivity contribution >= 4 is 35.0 Å². The topological polar surface area (TPSA) is 75.5 Å². The molecule has 1 atom stereocenters. The predicted octanol–water partition coefficient (Wildman–Crippen LogP) is 4.80. The van der Waals surface area contributed by atoms with E-state index in [1.54, 1.807) is 15.9 Å². The highest BCUT2D eigenvalue weighted by molar-refractivity contribution is 7.19. The summed E-state index contributed by atoms with van der Waals surface area (Å²) in [5, 5.41) is 0.853. The van der Waals surface area contributed by atoms with Gasteiger partial charge in [0.1, 0.15) is 13.6 Å². The molecule has 8 heteroatoms. The van der Waals surface area contributed by atoms with Crippen LogP contribution in [-0.4, -0.2) is 65.7 Å². The third-order valence-corrected chi connectivity index (χ3v) is 8.09. The highest BCUT2D eigenvalue weighted by atomic mass is 32.1. The van der Waals surface area contributed by atoms with Crippen LogP contribution in [-0.2, 0) is 29.6 Å². The number of piperazine rings is 1. The van der Waals surface area contributed by atoms with Gasteiger partial charge in [-0.15, -0.1) is 11.3 Å². The van der Waals surface area contributed by atoms with Crippen LogP contribution < -0.4 is 5.56 Å². The van der Waals surface area contributed by atoms with Crippen LogP contribution >= 0.6 is 11.3 Å². The fraction of sp³-hybridized carbons (Fsp3) is 0.517. The highest BCUT2D eigenvalue weighted by Gasteiger charge is 2.24. The zero-order chi connectivity index (χ0) is 27.5. The fourth-order valence-corrected chi connectivity index (χ4v) is 6.04. The van der Waals surface area contributed by atoms with E-state index in [0.29, 0.717) is 6.04 Å². The first-order valence-corrected chi connectivity index (χ1v) is 13.9. The number of rotatable bonds is 6. The van der Waals surface area contributed by atoms with Gasteiger partial charge >= 0.3 is 0 Å². The van der Waals surface area contributed by atoms with Gasteiger partial charge in [0.25, 0.3) is 5.56 Å². The largest absolute Gasteiger partial charge is 0.317 e. The van der Waals surface area contributed by atoms with Crippen molar-refractivity contribution in [1.29, 1.82) is 0 Å². The number of hydrogen-bond donors (Lipinski definition) is 0. The standard InChI is InChI=1S/C25H32N4OS.C2H6.2CH2O/c1-17-14-27(2)10-11-29(17)15-20-12-22-24(31-20)23(16-28(3)25(22)30)21-8-9-26-13-19(21)7-6-18-4-5-18;3*1-2/h8-9,12-13,16-18H,4-7,10-11,14-15H2,1-3H3;1-2H3;2*1H2/t17-;;;/m1.../s1. The minimum atomic E-state index is 0.0984. The minimum Gasteiger partial charge on any atom is -0.317 e. The molecule has 202 valence electrons. The summed E-state index contributed by atoms with van der Waals surface area (Å²) >= 11 is 1.79. The first kappa shape index (κ1) is 30.5. The lowest BCUT2D eigenvalue weighted by Crippen LogP contribution is -2.49. The van der Waals surface area contributed by atoms with E-state index in [1.807, 2.05) is 53.1 Å². The van der Waals surface area contributed by atoms with Crippen LogP contribution in [0.3, 0.4) is 0 Å². The number of likely N-dealkylation sites (N-methyl/N-ethyl adjacent to an activating group) is 1. The van der Waals surface area contributed by atoms with Gasteiger partial charge in [-0.25, -0.2) is 0 Å². The van der Waals surface area contributed by atoms with Gasteiger partial charge in [0.15, 0.2) is 0 Å². The number of aromatic nitrogens is 2. The summed E-state index contributed by atoms with van der Waals surface area (Å²) in [6.45, 7) is 14.5. The van der Waals surface area contributed by atoms with Gasteiger partial charge in [-0.05, 0) is 56.0 Å². The van der Waals surface area contributed by atoms with Crippen molar-refractivity contribution in [2.75, 3.05) is 26.7 Å². The van der Waals surface area contributed by atoms with E-state index in [0.717, 1.165) is 48.6 Å². The summed E-state index contributed by atoms with van der Waals surface area (Å²) in [5.41, 5.74) is 3.81. The molecular weight excluding hydrogens is 484 g/mol. The van der Waals surface area contributed by atoms with E-state index in [1.165, 1.54) is 40.8 Å². The van der Waals surface area contributed by atoms with Crippen molar-refractivity contribution in [2.24, 2.45) is 13.0 Å². The smallest absolute Gasteiger partial charge is 0.259 e. The third kappa shape index (κ3) is 7.66. The Balaban J connectivity index is 0.000000750. The Labute approximate surface area is 225 Å². The Morgan fingerprint density at radius 3 is 2.43 bits per heavy atom. The van der Waals surface area contributed by atoms with Crippen molar-refractivity contribution < 1.29 is 9.59 Å². The molecule has 1 aliphatic carbocycles. The molecule has 0 aromatic carbocycles. The molecule has 1 aliphatic heterocycles. The highest BCUT2D eigenvalue weighted by Crippen LogP contribution is 2.38. The molecule has 4 heterocycles. The second-order valence-corrected chi connectivity index (χ2v) is 10.6. The summed E-state index contributed by atoms with van der Waals surface area (Å²) in [6.07, 6.45) is 11.0. The first-order valence-electron chi connectivity index (χ1n) is 13.0. The molecule has 0 radical (unpaired) electrons. The number of fused-ring (bicyclic) bond motifs is 1. The van der Waals surface area contributed by atoms with Crippen LogP contribution in [0.25, 0.3) is 21.2 Å².